The van der Waals surface area contributed by atoms with Crippen LogP contribution in [0.15, 0.2) is 11.6 Å². The Hall–Kier alpha value is -0.960. The van der Waals surface area contributed by atoms with Crippen LogP contribution < -0.4 is 0 Å². The van der Waals surface area contributed by atoms with Crippen molar-refractivity contribution in [1.82, 2.24) is 0 Å². The third-order valence-corrected chi connectivity index (χ3v) is 8.38. The minimum atomic E-state index is -0.349. The van der Waals surface area contributed by atoms with Crippen LogP contribution in [0.5, 0.6) is 0 Å². The number of rotatable bonds is 1. The van der Waals surface area contributed by atoms with Crippen LogP contribution in [0.25, 0.3) is 0 Å². The SMILES string of the molecule is CC(=O)[C@H]1CCC2[C@@H]3CCC4=CC(=O)CCC4(C)C3[C@@H](O)C[C@@]21C. The van der Waals surface area contributed by atoms with Gasteiger partial charge in [-0.2, -0.15) is 0 Å². The highest BCUT2D eigenvalue weighted by molar-refractivity contribution is 5.91. The van der Waals surface area contributed by atoms with Crippen LogP contribution in [-0.2, 0) is 9.59 Å². The number of hydrogen-bond donors (Lipinski definition) is 1. The zero-order valence-corrected chi connectivity index (χ0v) is 15.2. The number of carbonyl (C=O) groups is 2. The minimum Gasteiger partial charge on any atom is -0.393 e. The monoisotopic (exact) mass is 330 g/mol. The molecule has 0 amide bonds. The molecule has 3 fully saturated rings. The minimum absolute atomic E-state index is 0.0219. The summed E-state index contributed by atoms with van der Waals surface area (Å²) in [6.07, 6.45) is 7.97. The molecule has 4 rings (SSSR count). The molecule has 0 aliphatic heterocycles. The van der Waals surface area contributed by atoms with Crippen molar-refractivity contribution < 1.29 is 14.7 Å². The number of ketones is 2. The van der Waals surface area contributed by atoms with Gasteiger partial charge in [0.1, 0.15) is 5.78 Å². The Morgan fingerprint density at radius 3 is 2.67 bits per heavy atom. The van der Waals surface area contributed by atoms with Gasteiger partial charge in [0.05, 0.1) is 6.10 Å². The molecule has 0 heterocycles. The number of aliphatic hydroxyl groups is 1. The maximum absolute atomic E-state index is 12.2. The second kappa shape index (κ2) is 5.27. The first-order chi connectivity index (χ1) is 11.3. The van der Waals surface area contributed by atoms with Gasteiger partial charge < -0.3 is 5.11 Å². The molecule has 0 spiro atoms. The normalized spacial score (nSPS) is 50.6. The Morgan fingerprint density at radius 1 is 1.21 bits per heavy atom. The number of allylic oxidation sites excluding steroid dienone is 1. The van der Waals surface area contributed by atoms with Gasteiger partial charge in [0.25, 0.3) is 0 Å². The molecule has 0 bridgehead atoms. The largest absolute Gasteiger partial charge is 0.393 e. The summed E-state index contributed by atoms with van der Waals surface area (Å²) in [4.78, 5) is 24.0. The van der Waals surface area contributed by atoms with Crippen LogP contribution in [0.4, 0.5) is 0 Å². The van der Waals surface area contributed by atoms with Crippen LogP contribution >= 0.6 is 0 Å². The summed E-state index contributed by atoms with van der Waals surface area (Å²) >= 11 is 0. The van der Waals surface area contributed by atoms with Crippen molar-refractivity contribution in [1.29, 1.82) is 0 Å². The van der Waals surface area contributed by atoms with Gasteiger partial charge in [0.15, 0.2) is 5.78 Å². The van der Waals surface area contributed by atoms with E-state index in [1.165, 1.54) is 5.57 Å². The Kier molecular flexibility index (Phi) is 3.62. The van der Waals surface area contributed by atoms with E-state index in [1.807, 2.05) is 6.08 Å². The highest BCUT2D eigenvalue weighted by Gasteiger charge is 2.62. The van der Waals surface area contributed by atoms with E-state index in [0.29, 0.717) is 24.0 Å². The lowest BCUT2D eigenvalue weighted by molar-refractivity contribution is -0.143. The Balaban J connectivity index is 1.72. The quantitative estimate of drug-likeness (QED) is 0.797. The fourth-order valence-corrected chi connectivity index (χ4v) is 7.35. The van der Waals surface area contributed by atoms with Crippen molar-refractivity contribution in [3.8, 4) is 0 Å². The average molecular weight is 330 g/mol. The molecule has 3 saturated carbocycles. The van der Waals surface area contributed by atoms with E-state index in [2.05, 4.69) is 13.8 Å². The van der Waals surface area contributed by atoms with Gasteiger partial charge in [-0.3, -0.25) is 9.59 Å². The van der Waals surface area contributed by atoms with Gasteiger partial charge in [-0.05, 0) is 80.1 Å². The Morgan fingerprint density at radius 2 is 1.96 bits per heavy atom. The average Bonchev–Trinajstić information content (AvgIpc) is 2.84. The standard InChI is InChI=1S/C21H30O3/c1-12(22)16-6-7-17-15-5-4-13-10-14(23)8-9-20(13,2)19(15)18(24)11-21(16,17)3/h10,15-19,24H,4-9,11H2,1-3H3/t15-,16+,17?,18-,19?,20?,21+/m0/s1. The summed E-state index contributed by atoms with van der Waals surface area (Å²) in [5.41, 5.74) is 1.23. The van der Waals surface area contributed by atoms with Crippen molar-refractivity contribution in [3.63, 3.8) is 0 Å². The summed E-state index contributed by atoms with van der Waals surface area (Å²) in [6.45, 7) is 6.27. The molecule has 0 radical (unpaired) electrons. The lowest BCUT2D eigenvalue weighted by atomic mass is 9.46. The molecule has 4 aliphatic carbocycles. The number of fused-ring (bicyclic) bond motifs is 5. The fraction of sp³-hybridized carbons (Fsp3) is 0.810. The van der Waals surface area contributed by atoms with Crippen molar-refractivity contribution in [3.05, 3.63) is 11.6 Å². The smallest absolute Gasteiger partial charge is 0.155 e. The first-order valence-corrected chi connectivity index (χ1v) is 9.70. The van der Waals surface area contributed by atoms with E-state index < -0.39 is 0 Å². The summed E-state index contributed by atoms with van der Waals surface area (Å²) in [5.74, 6) is 1.99. The maximum Gasteiger partial charge on any atom is 0.155 e. The number of hydrogen-bond acceptors (Lipinski definition) is 3. The number of carbonyl (C=O) groups excluding carboxylic acids is 2. The van der Waals surface area contributed by atoms with E-state index in [0.717, 1.165) is 38.5 Å². The van der Waals surface area contributed by atoms with E-state index in [1.54, 1.807) is 6.92 Å². The summed E-state index contributed by atoms with van der Waals surface area (Å²) in [5, 5.41) is 11.2. The van der Waals surface area contributed by atoms with Crippen molar-refractivity contribution in [2.45, 2.75) is 71.8 Å². The molecule has 3 nitrogen and oxygen atoms in total. The predicted molar refractivity (Wildman–Crippen MR) is 92.3 cm³/mol. The summed E-state index contributed by atoms with van der Waals surface area (Å²) in [7, 11) is 0. The van der Waals surface area contributed by atoms with Crippen LogP contribution in [0.1, 0.15) is 65.7 Å². The molecule has 7 atom stereocenters. The zero-order chi connectivity index (χ0) is 17.3. The first kappa shape index (κ1) is 16.5. The van der Waals surface area contributed by atoms with E-state index in [9.17, 15) is 14.7 Å². The van der Waals surface area contributed by atoms with Gasteiger partial charge >= 0.3 is 0 Å². The van der Waals surface area contributed by atoms with Gasteiger partial charge in [0, 0.05) is 12.3 Å². The molecule has 4 aliphatic rings. The molecule has 132 valence electrons. The second-order valence-electron chi connectivity index (χ2n) is 9.41. The Labute approximate surface area is 144 Å². The molecule has 0 saturated heterocycles. The maximum atomic E-state index is 12.2. The highest BCUT2D eigenvalue weighted by atomic mass is 16.3. The van der Waals surface area contributed by atoms with Crippen LogP contribution in [-0.4, -0.2) is 22.8 Å². The molecular weight excluding hydrogens is 300 g/mol. The lowest BCUT2D eigenvalue weighted by Crippen LogP contribution is -2.56. The molecule has 3 heteroatoms. The first-order valence-electron chi connectivity index (χ1n) is 9.70. The van der Waals surface area contributed by atoms with Gasteiger partial charge in [0.2, 0.25) is 0 Å². The Bertz CT molecular complexity index is 621. The molecule has 24 heavy (non-hydrogen) atoms. The van der Waals surface area contributed by atoms with Crippen LogP contribution in [0.2, 0.25) is 0 Å². The third kappa shape index (κ3) is 2.06. The van der Waals surface area contributed by atoms with Crippen molar-refractivity contribution in [2.24, 2.45) is 34.5 Å². The van der Waals surface area contributed by atoms with Gasteiger partial charge in [-0.25, -0.2) is 0 Å². The van der Waals surface area contributed by atoms with Crippen molar-refractivity contribution >= 4 is 11.6 Å². The molecule has 1 N–H and O–H groups in total. The zero-order valence-electron chi connectivity index (χ0n) is 15.2. The van der Waals surface area contributed by atoms with Crippen LogP contribution in [0, 0.1) is 34.5 Å². The summed E-state index contributed by atoms with van der Waals surface area (Å²) < 4.78 is 0. The van der Waals surface area contributed by atoms with Crippen LogP contribution in [0.3, 0.4) is 0 Å². The molecule has 0 aromatic carbocycles. The molecule has 3 unspecified atom stereocenters. The molecular formula is C21H30O3. The second-order valence-corrected chi connectivity index (χ2v) is 9.41. The predicted octanol–water partition coefficient (Wildman–Crippen LogP) is 3.69. The van der Waals surface area contributed by atoms with Gasteiger partial charge in [-0.1, -0.05) is 19.4 Å². The number of aliphatic hydroxyl groups excluding tert-OH is 1. The topological polar surface area (TPSA) is 54.4 Å². The number of Topliss-reactive ketones (excluding diaryl/α,β-unsaturated/α-hetero) is 1. The highest BCUT2D eigenvalue weighted by Crippen LogP contribution is 2.66. The molecule has 0 aromatic heterocycles. The van der Waals surface area contributed by atoms with E-state index in [4.69, 9.17) is 0 Å². The third-order valence-electron chi connectivity index (χ3n) is 8.38. The van der Waals surface area contributed by atoms with E-state index >= 15 is 0 Å². The van der Waals surface area contributed by atoms with Gasteiger partial charge in [-0.15, -0.1) is 0 Å². The lowest BCUT2D eigenvalue weighted by Gasteiger charge is -2.59. The summed E-state index contributed by atoms with van der Waals surface area (Å²) in [6, 6.07) is 0. The van der Waals surface area contributed by atoms with Crippen molar-refractivity contribution in [2.75, 3.05) is 0 Å². The molecule has 0 aromatic rings. The fourth-order valence-electron chi connectivity index (χ4n) is 7.35. The van der Waals surface area contributed by atoms with E-state index in [-0.39, 0.29) is 34.6 Å².